The van der Waals surface area contributed by atoms with E-state index in [-0.39, 0.29) is 0 Å². The van der Waals surface area contributed by atoms with Gasteiger partial charge in [0.25, 0.3) is 0 Å². The van der Waals surface area contributed by atoms with Crippen LogP contribution in [0, 0.1) is 0 Å². The third-order valence-electron chi connectivity index (χ3n) is 2.81. The summed E-state index contributed by atoms with van der Waals surface area (Å²) in [5.74, 6) is 0. The van der Waals surface area contributed by atoms with Crippen molar-refractivity contribution in [3.63, 3.8) is 0 Å². The average molecular weight is 212 g/mol. The van der Waals surface area contributed by atoms with Crippen molar-refractivity contribution in [1.82, 2.24) is 0 Å². The van der Waals surface area contributed by atoms with Crippen molar-refractivity contribution in [2.24, 2.45) is 0 Å². The summed E-state index contributed by atoms with van der Waals surface area (Å²) in [5.41, 5.74) is 4.09. The molecule has 3 heteroatoms. The molecular formula is C11H16O2S. The van der Waals surface area contributed by atoms with E-state index in [2.05, 4.69) is 6.08 Å². The van der Waals surface area contributed by atoms with Gasteiger partial charge in [-0.1, -0.05) is 17.2 Å². The maximum atomic E-state index is 11.1. The van der Waals surface area contributed by atoms with Gasteiger partial charge in [-0.05, 0) is 45.3 Å². The van der Waals surface area contributed by atoms with Crippen LogP contribution in [0.5, 0.6) is 0 Å². The normalized spacial score (nSPS) is 18.8. The molecule has 0 amide bonds. The Morgan fingerprint density at radius 3 is 2.14 bits per heavy atom. The van der Waals surface area contributed by atoms with E-state index in [1.54, 1.807) is 0 Å². The summed E-state index contributed by atoms with van der Waals surface area (Å²) in [4.78, 5) is 0.519. The van der Waals surface area contributed by atoms with Gasteiger partial charge in [-0.15, -0.1) is 0 Å². The van der Waals surface area contributed by atoms with E-state index in [1.807, 2.05) is 27.7 Å². The molecule has 0 bridgehead atoms. The van der Waals surface area contributed by atoms with Crippen LogP contribution in [-0.4, -0.2) is 8.42 Å². The lowest BCUT2D eigenvalue weighted by Gasteiger charge is -2.06. The predicted molar refractivity (Wildman–Crippen MR) is 59.8 cm³/mol. The number of thiol groups is 1. The highest BCUT2D eigenvalue weighted by Crippen LogP contribution is 2.28. The van der Waals surface area contributed by atoms with Gasteiger partial charge in [0.15, 0.2) is 10.7 Å². The Kier molecular flexibility index (Phi) is 3.32. The Bertz CT molecular complexity index is 413. The standard InChI is InChI=1S/C11H16O2S/c1-7-5-6-8(2)11(14(12)13)10(4)9(7)3/h5,14H,6H2,1-4H3. The first-order valence-electron chi connectivity index (χ1n) is 4.64. The summed E-state index contributed by atoms with van der Waals surface area (Å²) >= 11 is 0. The van der Waals surface area contributed by atoms with Gasteiger partial charge in [0, 0.05) is 0 Å². The van der Waals surface area contributed by atoms with E-state index in [4.69, 9.17) is 0 Å². The molecule has 0 aromatic rings. The van der Waals surface area contributed by atoms with Gasteiger partial charge in [-0.25, -0.2) is 8.42 Å². The third-order valence-corrected chi connectivity index (χ3v) is 3.89. The minimum absolute atomic E-state index is 0.519. The summed E-state index contributed by atoms with van der Waals surface area (Å²) in [5, 5.41) is 0. The molecule has 0 aromatic heterocycles. The lowest BCUT2D eigenvalue weighted by Crippen LogP contribution is -1.94. The van der Waals surface area contributed by atoms with Crippen LogP contribution in [-0.2, 0) is 10.7 Å². The van der Waals surface area contributed by atoms with E-state index in [0.717, 1.165) is 23.1 Å². The summed E-state index contributed by atoms with van der Waals surface area (Å²) in [6.07, 6.45) is 2.82. The van der Waals surface area contributed by atoms with Gasteiger partial charge >= 0.3 is 0 Å². The molecule has 1 aliphatic carbocycles. The second kappa shape index (κ2) is 4.13. The molecule has 0 fully saturated rings. The van der Waals surface area contributed by atoms with Crippen molar-refractivity contribution in [1.29, 1.82) is 0 Å². The van der Waals surface area contributed by atoms with Crippen LogP contribution in [0.15, 0.2) is 33.3 Å². The molecule has 14 heavy (non-hydrogen) atoms. The third kappa shape index (κ3) is 1.98. The molecule has 0 spiro atoms. The highest BCUT2D eigenvalue weighted by molar-refractivity contribution is 7.77. The Labute approximate surface area is 87.0 Å². The van der Waals surface area contributed by atoms with Gasteiger partial charge in [0.2, 0.25) is 0 Å². The molecule has 1 rings (SSSR count). The van der Waals surface area contributed by atoms with Crippen LogP contribution in [0.3, 0.4) is 0 Å². The van der Waals surface area contributed by atoms with Gasteiger partial charge in [-0.2, -0.15) is 0 Å². The number of allylic oxidation sites excluding steroid dienone is 5. The molecule has 2 nitrogen and oxygen atoms in total. The maximum Gasteiger partial charge on any atom is 0.168 e. The monoisotopic (exact) mass is 212 g/mol. The Balaban J connectivity index is 3.43. The zero-order valence-electron chi connectivity index (χ0n) is 9.05. The molecular weight excluding hydrogens is 196 g/mol. The van der Waals surface area contributed by atoms with E-state index >= 15 is 0 Å². The van der Waals surface area contributed by atoms with Crippen LogP contribution >= 0.6 is 0 Å². The molecule has 0 aliphatic heterocycles. The summed E-state index contributed by atoms with van der Waals surface area (Å²) in [6, 6.07) is 0. The fourth-order valence-electron chi connectivity index (χ4n) is 1.64. The zero-order valence-corrected chi connectivity index (χ0v) is 9.94. The molecule has 0 aromatic carbocycles. The molecule has 78 valence electrons. The fourth-order valence-corrected chi connectivity index (χ4v) is 2.49. The number of hydrogen-bond donors (Lipinski definition) is 1. The van der Waals surface area contributed by atoms with Crippen molar-refractivity contribution in [2.75, 3.05) is 0 Å². The van der Waals surface area contributed by atoms with Crippen LogP contribution in [0.4, 0.5) is 0 Å². The molecule has 0 atom stereocenters. The summed E-state index contributed by atoms with van der Waals surface area (Å²) < 4.78 is 22.2. The lowest BCUT2D eigenvalue weighted by atomic mass is 10.1. The van der Waals surface area contributed by atoms with Crippen LogP contribution < -0.4 is 0 Å². The van der Waals surface area contributed by atoms with Crippen molar-refractivity contribution in [2.45, 2.75) is 34.1 Å². The Morgan fingerprint density at radius 1 is 1.07 bits per heavy atom. The van der Waals surface area contributed by atoms with Crippen molar-refractivity contribution in [3.05, 3.63) is 33.3 Å². The largest absolute Gasteiger partial charge is 0.227 e. The second-order valence-electron chi connectivity index (χ2n) is 3.73. The SMILES string of the molecule is CC1=CCC(C)=C([SH](=O)=O)C(C)=C1C. The molecule has 0 saturated heterocycles. The van der Waals surface area contributed by atoms with Crippen molar-refractivity contribution >= 4 is 10.7 Å². The second-order valence-corrected chi connectivity index (χ2v) is 4.69. The smallest absolute Gasteiger partial charge is 0.168 e. The predicted octanol–water partition coefficient (Wildman–Crippen LogP) is 2.56. The van der Waals surface area contributed by atoms with Crippen molar-refractivity contribution < 1.29 is 8.42 Å². The number of hydrogen-bond acceptors (Lipinski definition) is 2. The van der Waals surface area contributed by atoms with Crippen LogP contribution in [0.1, 0.15) is 34.1 Å². The zero-order chi connectivity index (χ0) is 10.9. The summed E-state index contributed by atoms with van der Waals surface area (Å²) in [6.45, 7) is 7.75. The lowest BCUT2D eigenvalue weighted by molar-refractivity contribution is 0.619. The van der Waals surface area contributed by atoms with Gasteiger partial charge in [0.1, 0.15) is 0 Å². The van der Waals surface area contributed by atoms with Crippen LogP contribution in [0.2, 0.25) is 0 Å². The summed E-state index contributed by atoms with van der Waals surface area (Å²) in [7, 11) is -2.47. The molecule has 0 radical (unpaired) electrons. The van der Waals surface area contributed by atoms with E-state index in [9.17, 15) is 8.42 Å². The molecule has 1 aliphatic rings. The molecule has 0 saturated carbocycles. The first kappa shape index (κ1) is 11.2. The van der Waals surface area contributed by atoms with E-state index < -0.39 is 10.7 Å². The topological polar surface area (TPSA) is 34.1 Å². The maximum absolute atomic E-state index is 11.1. The van der Waals surface area contributed by atoms with Gasteiger partial charge < -0.3 is 0 Å². The fraction of sp³-hybridized carbons (Fsp3) is 0.455. The molecule has 0 unspecified atom stereocenters. The minimum Gasteiger partial charge on any atom is -0.227 e. The highest BCUT2D eigenvalue weighted by Gasteiger charge is 2.13. The average Bonchev–Trinajstić information content (AvgIpc) is 2.19. The van der Waals surface area contributed by atoms with E-state index in [1.165, 1.54) is 5.57 Å². The Hall–Kier alpha value is -0.830. The first-order chi connectivity index (χ1) is 6.45. The van der Waals surface area contributed by atoms with Gasteiger partial charge in [0.05, 0.1) is 4.91 Å². The Morgan fingerprint density at radius 2 is 1.64 bits per heavy atom. The van der Waals surface area contributed by atoms with Crippen molar-refractivity contribution in [3.8, 4) is 0 Å². The molecule has 0 heterocycles. The molecule has 0 N–H and O–H groups in total. The van der Waals surface area contributed by atoms with Crippen LogP contribution in [0.25, 0.3) is 0 Å². The van der Waals surface area contributed by atoms with E-state index in [0.29, 0.717) is 4.91 Å². The minimum atomic E-state index is -2.47. The van der Waals surface area contributed by atoms with Gasteiger partial charge in [-0.3, -0.25) is 0 Å². The first-order valence-corrected chi connectivity index (χ1v) is 5.82. The highest BCUT2D eigenvalue weighted by atomic mass is 32.2. The quantitative estimate of drug-likeness (QED) is 0.678. The number of rotatable bonds is 1.